The lowest BCUT2D eigenvalue weighted by Gasteiger charge is -2.40. The van der Waals surface area contributed by atoms with Crippen LogP contribution in [0.2, 0.25) is 0 Å². The van der Waals surface area contributed by atoms with Crippen LogP contribution >= 0.6 is 0 Å². The number of hydrogen-bond acceptors (Lipinski definition) is 5. The predicted molar refractivity (Wildman–Crippen MR) is 49.2 cm³/mol. The van der Waals surface area contributed by atoms with E-state index in [0.29, 0.717) is 0 Å². The summed E-state index contributed by atoms with van der Waals surface area (Å²) in [6.07, 6.45) is -1.08. The second-order valence-corrected chi connectivity index (χ2v) is 3.22. The van der Waals surface area contributed by atoms with Crippen LogP contribution < -0.4 is 0 Å². The second kappa shape index (κ2) is 7.10. The molecule has 0 amide bonds. The molecule has 14 heavy (non-hydrogen) atoms. The molecule has 0 aliphatic heterocycles. The highest BCUT2D eigenvalue weighted by Gasteiger charge is 2.33. The summed E-state index contributed by atoms with van der Waals surface area (Å²) in [5.74, 6) is 0. The first-order valence-corrected chi connectivity index (χ1v) is 4.64. The third-order valence-corrected chi connectivity index (χ3v) is 2.43. The van der Waals surface area contributed by atoms with Crippen molar-refractivity contribution in [1.82, 2.24) is 0 Å². The van der Waals surface area contributed by atoms with Gasteiger partial charge < -0.3 is 25.5 Å². The molecule has 1 unspecified atom stereocenters. The van der Waals surface area contributed by atoms with Gasteiger partial charge in [0.05, 0.1) is 19.8 Å². The normalized spacial score (nSPS) is 14.4. The molecule has 86 valence electrons. The fourth-order valence-electron chi connectivity index (χ4n) is 1.55. The Morgan fingerprint density at radius 1 is 0.786 bits per heavy atom. The van der Waals surface area contributed by atoms with Crippen molar-refractivity contribution in [3.05, 3.63) is 0 Å². The van der Waals surface area contributed by atoms with Crippen molar-refractivity contribution in [2.24, 2.45) is 0 Å². The van der Waals surface area contributed by atoms with Gasteiger partial charge in [-0.1, -0.05) is 0 Å². The molecule has 6 heteroatoms. The van der Waals surface area contributed by atoms with Crippen LogP contribution in [0.1, 0.15) is 0 Å². The molecule has 0 heterocycles. The standard InChI is InChI=1S/C8H20NO5/c10-4-1-9(2-5-11,3-6-12)8(14)7-13/h8,10-14H,1-7H2/q+1. The molecule has 0 spiro atoms. The Labute approximate surface area is 83.2 Å². The summed E-state index contributed by atoms with van der Waals surface area (Å²) < 4.78 is -0.0833. The van der Waals surface area contributed by atoms with Gasteiger partial charge in [-0.3, -0.25) is 4.48 Å². The van der Waals surface area contributed by atoms with E-state index in [4.69, 9.17) is 20.4 Å². The molecule has 0 rings (SSSR count). The maximum Gasteiger partial charge on any atom is 0.214 e. The van der Waals surface area contributed by atoms with Crippen LogP contribution in [0.3, 0.4) is 0 Å². The number of aliphatic hydroxyl groups excluding tert-OH is 5. The highest BCUT2D eigenvalue weighted by molar-refractivity contribution is 4.48. The van der Waals surface area contributed by atoms with E-state index in [-0.39, 0.29) is 43.9 Å². The van der Waals surface area contributed by atoms with Crippen LogP contribution in [-0.4, -0.2) is 82.3 Å². The van der Waals surface area contributed by atoms with E-state index in [1.807, 2.05) is 0 Å². The lowest BCUT2D eigenvalue weighted by molar-refractivity contribution is -0.972. The average molecular weight is 210 g/mol. The van der Waals surface area contributed by atoms with Crippen LogP contribution in [0.5, 0.6) is 0 Å². The summed E-state index contributed by atoms with van der Waals surface area (Å²) in [5.41, 5.74) is 0. The van der Waals surface area contributed by atoms with E-state index in [1.54, 1.807) is 0 Å². The van der Waals surface area contributed by atoms with Crippen molar-refractivity contribution in [3.63, 3.8) is 0 Å². The minimum atomic E-state index is -1.08. The van der Waals surface area contributed by atoms with E-state index < -0.39 is 12.8 Å². The van der Waals surface area contributed by atoms with Gasteiger partial charge in [-0.15, -0.1) is 0 Å². The summed E-state index contributed by atoms with van der Waals surface area (Å²) in [5, 5.41) is 44.9. The topological polar surface area (TPSA) is 101 Å². The Balaban J connectivity index is 4.53. The Kier molecular flexibility index (Phi) is 6.98. The number of aliphatic hydroxyl groups is 5. The van der Waals surface area contributed by atoms with Gasteiger partial charge >= 0.3 is 0 Å². The van der Waals surface area contributed by atoms with Crippen molar-refractivity contribution in [3.8, 4) is 0 Å². The molecule has 0 aromatic heterocycles. The van der Waals surface area contributed by atoms with Gasteiger partial charge in [-0.05, 0) is 0 Å². The van der Waals surface area contributed by atoms with Crippen LogP contribution in [-0.2, 0) is 0 Å². The third-order valence-electron chi connectivity index (χ3n) is 2.43. The van der Waals surface area contributed by atoms with Gasteiger partial charge in [-0.2, -0.15) is 0 Å². The summed E-state index contributed by atoms with van der Waals surface area (Å²) in [6.45, 7) is -0.375. The quantitative estimate of drug-likeness (QED) is 0.218. The van der Waals surface area contributed by atoms with Crippen LogP contribution in [0.25, 0.3) is 0 Å². The molecule has 6 nitrogen and oxygen atoms in total. The predicted octanol–water partition coefficient (Wildman–Crippen LogP) is -2.91. The van der Waals surface area contributed by atoms with Gasteiger partial charge in [-0.25, -0.2) is 0 Å². The first kappa shape index (κ1) is 13.8. The molecule has 0 saturated carbocycles. The fraction of sp³-hybridized carbons (Fsp3) is 1.00. The number of nitrogens with zero attached hydrogens (tertiary/aromatic N) is 1. The fourth-order valence-corrected chi connectivity index (χ4v) is 1.55. The first-order chi connectivity index (χ1) is 6.66. The van der Waals surface area contributed by atoms with Gasteiger partial charge in [0.15, 0.2) is 0 Å². The first-order valence-electron chi connectivity index (χ1n) is 4.64. The molecule has 0 radical (unpaired) electrons. The zero-order chi connectivity index (χ0) is 11.0. The maximum atomic E-state index is 9.55. The SMILES string of the molecule is OCC[N+](CCO)(CCO)C(O)CO. The van der Waals surface area contributed by atoms with E-state index in [1.165, 1.54) is 0 Å². The summed E-state index contributed by atoms with van der Waals surface area (Å²) >= 11 is 0. The second-order valence-electron chi connectivity index (χ2n) is 3.22. The molecule has 0 aliphatic rings. The highest BCUT2D eigenvalue weighted by Crippen LogP contribution is 2.10. The van der Waals surface area contributed by atoms with Gasteiger partial charge in [0, 0.05) is 0 Å². The molecule has 1 atom stereocenters. The molecule has 0 fully saturated rings. The van der Waals surface area contributed by atoms with Gasteiger partial charge in [0.1, 0.15) is 26.2 Å². The zero-order valence-electron chi connectivity index (χ0n) is 8.21. The van der Waals surface area contributed by atoms with E-state index in [2.05, 4.69) is 0 Å². The molecular weight excluding hydrogens is 190 g/mol. The van der Waals surface area contributed by atoms with E-state index in [0.717, 1.165) is 0 Å². The number of rotatable bonds is 8. The monoisotopic (exact) mass is 210 g/mol. The molecule has 0 bridgehead atoms. The van der Waals surface area contributed by atoms with Crippen molar-refractivity contribution >= 4 is 0 Å². The van der Waals surface area contributed by atoms with Gasteiger partial charge in [0.2, 0.25) is 6.23 Å². The molecule has 0 aromatic rings. The lowest BCUT2D eigenvalue weighted by Crippen LogP contribution is -2.60. The zero-order valence-corrected chi connectivity index (χ0v) is 8.21. The largest absolute Gasteiger partial charge is 0.391 e. The van der Waals surface area contributed by atoms with E-state index >= 15 is 0 Å². The highest BCUT2D eigenvalue weighted by atomic mass is 16.3. The smallest absolute Gasteiger partial charge is 0.214 e. The molecule has 0 aliphatic carbocycles. The Morgan fingerprint density at radius 2 is 1.14 bits per heavy atom. The molecular formula is C8H20NO5+. The summed E-state index contributed by atoms with van der Waals surface area (Å²) in [6, 6.07) is 0. The van der Waals surface area contributed by atoms with Gasteiger partial charge in [0.25, 0.3) is 0 Å². The number of hydrogen-bond donors (Lipinski definition) is 5. The Morgan fingerprint density at radius 3 is 1.36 bits per heavy atom. The minimum absolute atomic E-state index is 0.0833. The third kappa shape index (κ3) is 3.49. The average Bonchev–Trinajstić information content (AvgIpc) is 2.17. The van der Waals surface area contributed by atoms with Crippen molar-refractivity contribution in [2.45, 2.75) is 6.23 Å². The Hall–Kier alpha value is -0.240. The van der Waals surface area contributed by atoms with E-state index in [9.17, 15) is 5.11 Å². The van der Waals surface area contributed by atoms with Crippen molar-refractivity contribution in [2.75, 3.05) is 46.1 Å². The summed E-state index contributed by atoms with van der Waals surface area (Å²) in [4.78, 5) is 0. The van der Waals surface area contributed by atoms with Crippen LogP contribution in [0.4, 0.5) is 0 Å². The maximum absolute atomic E-state index is 9.55. The summed E-state index contributed by atoms with van der Waals surface area (Å²) in [7, 11) is 0. The molecule has 0 saturated heterocycles. The lowest BCUT2D eigenvalue weighted by atomic mass is 10.3. The Bertz CT molecular complexity index is 127. The van der Waals surface area contributed by atoms with Crippen molar-refractivity contribution < 1.29 is 30.0 Å². The molecule has 0 aromatic carbocycles. The molecule has 5 N–H and O–H groups in total. The van der Waals surface area contributed by atoms with Crippen LogP contribution in [0, 0.1) is 0 Å². The minimum Gasteiger partial charge on any atom is -0.391 e. The van der Waals surface area contributed by atoms with Crippen LogP contribution in [0.15, 0.2) is 0 Å². The number of quaternary nitrogens is 1. The van der Waals surface area contributed by atoms with Crippen molar-refractivity contribution in [1.29, 1.82) is 0 Å².